The second-order valence-electron chi connectivity index (χ2n) is 8.15. The topological polar surface area (TPSA) is 82.6 Å². The van der Waals surface area contributed by atoms with E-state index < -0.39 is 10.8 Å². The van der Waals surface area contributed by atoms with Gasteiger partial charge in [0.05, 0.1) is 0 Å². The minimum atomic E-state index is -0.872. The molecule has 0 radical (unpaired) electrons. The van der Waals surface area contributed by atoms with Crippen LogP contribution in [-0.4, -0.2) is 52.3 Å². The number of carbonyl (C=O) groups is 1. The number of hydrogen-bond acceptors (Lipinski definition) is 3. The molecule has 2 aliphatic rings. The summed E-state index contributed by atoms with van der Waals surface area (Å²) in [6, 6.07) is 0.696. The van der Waals surface area contributed by atoms with E-state index in [0.717, 1.165) is 44.5 Å². The molecule has 0 aromatic carbocycles. The van der Waals surface area contributed by atoms with Gasteiger partial charge < -0.3 is 16.0 Å². The maximum absolute atomic E-state index is 12.3. The highest BCUT2D eigenvalue weighted by molar-refractivity contribution is 7.86. The summed E-state index contributed by atoms with van der Waals surface area (Å²) in [5, 5.41) is 9.81. The minimum Gasteiger partial charge on any atom is -0.355 e. The van der Waals surface area contributed by atoms with Gasteiger partial charge in [0, 0.05) is 52.9 Å². The predicted molar refractivity (Wildman–Crippen MR) is 104 cm³/mol. The van der Waals surface area contributed by atoms with Crippen LogP contribution in [0.25, 0.3) is 0 Å². The van der Waals surface area contributed by atoms with Gasteiger partial charge in [-0.15, -0.1) is 0 Å². The number of amides is 1. The lowest BCUT2D eigenvalue weighted by molar-refractivity contribution is -0.126. The molecule has 0 aromatic heterocycles. The van der Waals surface area contributed by atoms with Crippen molar-refractivity contribution < 1.29 is 9.00 Å². The van der Waals surface area contributed by atoms with Crippen molar-refractivity contribution in [1.29, 1.82) is 0 Å². The van der Waals surface area contributed by atoms with Gasteiger partial charge in [0.15, 0.2) is 5.96 Å². The van der Waals surface area contributed by atoms with Crippen LogP contribution in [0.3, 0.4) is 0 Å². The minimum absolute atomic E-state index is 0.110. The lowest BCUT2D eigenvalue weighted by atomic mass is 9.85. The molecule has 0 heterocycles. The number of aliphatic imine (C=N–C) groups is 1. The molecule has 0 aromatic rings. The summed E-state index contributed by atoms with van der Waals surface area (Å²) >= 11 is 0. The molecule has 0 bridgehead atoms. The highest BCUT2D eigenvalue weighted by Gasteiger charge is 2.31. The second kappa shape index (κ2) is 9.01. The van der Waals surface area contributed by atoms with E-state index in [0.29, 0.717) is 18.3 Å². The number of nitrogens with one attached hydrogen (secondary N) is 3. The molecule has 1 amide bonds. The summed E-state index contributed by atoms with van der Waals surface area (Å²) in [7, 11) is 0.874. The third-order valence-corrected chi connectivity index (χ3v) is 6.74. The van der Waals surface area contributed by atoms with Gasteiger partial charge >= 0.3 is 0 Å². The van der Waals surface area contributed by atoms with Gasteiger partial charge in [-0.25, -0.2) is 0 Å². The molecule has 3 atom stereocenters. The summed E-state index contributed by atoms with van der Waals surface area (Å²) in [6.45, 7) is 6.60. The third kappa shape index (κ3) is 6.96. The van der Waals surface area contributed by atoms with Gasteiger partial charge in [0.2, 0.25) is 5.91 Å². The molecule has 2 rings (SSSR count). The molecular weight excluding hydrogens is 336 g/mol. The largest absolute Gasteiger partial charge is 0.355 e. The Morgan fingerprint density at radius 1 is 1.12 bits per heavy atom. The second-order valence-corrected chi connectivity index (χ2v) is 10.5. The summed E-state index contributed by atoms with van der Waals surface area (Å²) in [4.78, 5) is 16.5. The first kappa shape index (κ1) is 20.2. The van der Waals surface area contributed by atoms with Crippen LogP contribution in [0.1, 0.15) is 59.3 Å². The monoisotopic (exact) mass is 370 g/mol. The first-order valence-electron chi connectivity index (χ1n) is 9.45. The van der Waals surface area contributed by atoms with Crippen molar-refractivity contribution in [3.63, 3.8) is 0 Å². The Balaban J connectivity index is 1.74. The third-order valence-electron chi connectivity index (χ3n) is 4.80. The Kier molecular flexibility index (Phi) is 7.28. The van der Waals surface area contributed by atoms with E-state index in [2.05, 4.69) is 20.9 Å². The molecule has 0 spiro atoms. The SMILES string of the molecule is CN=C(NCCS(=O)C(C)(C)C)NC1CCCC(C(=O)NC2CC2)C1. The maximum atomic E-state index is 12.3. The van der Waals surface area contributed by atoms with Crippen molar-refractivity contribution in [1.82, 2.24) is 16.0 Å². The van der Waals surface area contributed by atoms with Crippen molar-refractivity contribution in [2.45, 2.75) is 76.1 Å². The average molecular weight is 371 g/mol. The number of carbonyl (C=O) groups excluding carboxylic acids is 1. The highest BCUT2D eigenvalue weighted by atomic mass is 32.2. The zero-order valence-corrected chi connectivity index (χ0v) is 16.9. The molecule has 2 aliphatic carbocycles. The Labute approximate surface area is 154 Å². The van der Waals surface area contributed by atoms with Crippen molar-refractivity contribution in [2.24, 2.45) is 10.9 Å². The van der Waals surface area contributed by atoms with Crippen molar-refractivity contribution in [2.75, 3.05) is 19.3 Å². The van der Waals surface area contributed by atoms with Crippen LogP contribution in [0.15, 0.2) is 4.99 Å². The Bertz CT molecular complexity index is 512. The van der Waals surface area contributed by atoms with Crippen LogP contribution in [0.4, 0.5) is 0 Å². The van der Waals surface area contributed by atoms with Gasteiger partial charge in [-0.05, 0) is 52.9 Å². The lowest BCUT2D eigenvalue weighted by Gasteiger charge is -2.30. The first-order valence-corrected chi connectivity index (χ1v) is 10.8. The smallest absolute Gasteiger partial charge is 0.223 e. The van der Waals surface area contributed by atoms with Crippen LogP contribution in [0.5, 0.6) is 0 Å². The number of rotatable bonds is 6. The molecule has 3 N–H and O–H groups in total. The van der Waals surface area contributed by atoms with Gasteiger partial charge in [-0.3, -0.25) is 14.0 Å². The first-order chi connectivity index (χ1) is 11.8. The van der Waals surface area contributed by atoms with Crippen LogP contribution in [-0.2, 0) is 15.6 Å². The quantitative estimate of drug-likeness (QED) is 0.489. The molecule has 7 heteroatoms. The lowest BCUT2D eigenvalue weighted by Crippen LogP contribution is -2.48. The highest BCUT2D eigenvalue weighted by Crippen LogP contribution is 2.26. The molecule has 6 nitrogen and oxygen atoms in total. The van der Waals surface area contributed by atoms with E-state index in [1.807, 2.05) is 20.8 Å². The standard InChI is InChI=1S/C18H34N4O2S/c1-18(2,3)25(24)11-10-20-17(19-4)22-15-7-5-6-13(12-15)16(23)21-14-8-9-14/h13-15H,5-12H2,1-4H3,(H,21,23)(H2,19,20,22). The predicted octanol–water partition coefficient (Wildman–Crippen LogP) is 1.54. The fraction of sp³-hybridized carbons (Fsp3) is 0.889. The normalized spacial score (nSPS) is 26.0. The van der Waals surface area contributed by atoms with E-state index in [1.54, 1.807) is 7.05 Å². The van der Waals surface area contributed by atoms with Gasteiger partial charge in [-0.1, -0.05) is 6.42 Å². The Morgan fingerprint density at radius 3 is 2.44 bits per heavy atom. The molecule has 2 fully saturated rings. The molecule has 2 saturated carbocycles. The van der Waals surface area contributed by atoms with Gasteiger partial charge in [-0.2, -0.15) is 0 Å². The molecule has 0 saturated heterocycles. The zero-order chi connectivity index (χ0) is 18.4. The molecule has 0 aliphatic heterocycles. The molecule has 3 unspecified atom stereocenters. The van der Waals surface area contributed by atoms with Crippen molar-refractivity contribution in [3.05, 3.63) is 0 Å². The number of guanidine groups is 1. The molecule has 144 valence electrons. The van der Waals surface area contributed by atoms with Crippen LogP contribution < -0.4 is 16.0 Å². The zero-order valence-electron chi connectivity index (χ0n) is 16.1. The molecular formula is C18H34N4O2S. The van der Waals surface area contributed by atoms with Crippen LogP contribution >= 0.6 is 0 Å². The number of nitrogens with zero attached hydrogens (tertiary/aromatic N) is 1. The van der Waals surface area contributed by atoms with E-state index >= 15 is 0 Å². The fourth-order valence-electron chi connectivity index (χ4n) is 3.06. The summed E-state index contributed by atoms with van der Waals surface area (Å²) in [6.07, 6.45) is 6.22. The fourth-order valence-corrected chi connectivity index (χ4v) is 3.96. The van der Waals surface area contributed by atoms with E-state index in [9.17, 15) is 9.00 Å². The van der Waals surface area contributed by atoms with E-state index in [4.69, 9.17) is 0 Å². The van der Waals surface area contributed by atoms with Crippen molar-refractivity contribution >= 4 is 22.7 Å². The van der Waals surface area contributed by atoms with E-state index in [-0.39, 0.29) is 22.6 Å². The maximum Gasteiger partial charge on any atom is 0.223 e. The van der Waals surface area contributed by atoms with Crippen molar-refractivity contribution in [3.8, 4) is 0 Å². The molecule has 25 heavy (non-hydrogen) atoms. The Hall–Kier alpha value is -1.11. The summed E-state index contributed by atoms with van der Waals surface area (Å²) in [5.41, 5.74) is 0. The van der Waals surface area contributed by atoms with Crippen LogP contribution in [0, 0.1) is 5.92 Å². The average Bonchev–Trinajstić information content (AvgIpc) is 3.37. The van der Waals surface area contributed by atoms with E-state index in [1.165, 1.54) is 0 Å². The van der Waals surface area contributed by atoms with Gasteiger partial charge in [0.25, 0.3) is 0 Å². The van der Waals surface area contributed by atoms with Gasteiger partial charge in [0.1, 0.15) is 0 Å². The summed E-state index contributed by atoms with van der Waals surface area (Å²) < 4.78 is 11.9. The summed E-state index contributed by atoms with van der Waals surface area (Å²) in [5.74, 6) is 1.66. The number of hydrogen-bond donors (Lipinski definition) is 3. The van der Waals surface area contributed by atoms with Crippen LogP contribution in [0.2, 0.25) is 0 Å². The Morgan fingerprint density at radius 2 is 1.84 bits per heavy atom.